The van der Waals surface area contributed by atoms with Gasteiger partial charge in [0, 0.05) is 11.0 Å². The average molecular weight is 336 g/mol. The molecule has 120 valence electrons. The number of carbonyl (C=O) groups excluding carboxylic acids is 2. The lowest BCUT2D eigenvalue weighted by Crippen LogP contribution is -2.11. The summed E-state index contributed by atoms with van der Waals surface area (Å²) in [6.45, 7) is 1.69. The number of hydrogen-bond acceptors (Lipinski definition) is 4. The van der Waals surface area contributed by atoms with Crippen molar-refractivity contribution in [2.75, 3.05) is 6.61 Å². The Morgan fingerprint density at radius 2 is 1.83 bits per heavy atom. The third-order valence-corrected chi connectivity index (χ3v) is 4.62. The maximum Gasteiger partial charge on any atom is 0.331 e. The number of esters is 1. The van der Waals surface area contributed by atoms with Crippen molar-refractivity contribution in [2.45, 2.75) is 6.92 Å². The number of fused-ring (bicyclic) bond motifs is 1. The Bertz CT molecular complexity index is 916. The quantitative estimate of drug-likeness (QED) is 0.387. The molecule has 0 saturated heterocycles. The molecular weight excluding hydrogens is 320 g/mol. The number of aryl methyl sites for hydroxylation is 1. The summed E-state index contributed by atoms with van der Waals surface area (Å²) < 4.78 is 5.03. The molecule has 0 spiro atoms. The van der Waals surface area contributed by atoms with Gasteiger partial charge in [0.05, 0.1) is 4.88 Å². The van der Waals surface area contributed by atoms with Crippen LogP contribution in [0.15, 0.2) is 60.7 Å². The van der Waals surface area contributed by atoms with E-state index >= 15 is 0 Å². The van der Waals surface area contributed by atoms with E-state index in [9.17, 15) is 9.59 Å². The molecule has 2 aromatic carbocycles. The van der Waals surface area contributed by atoms with Crippen molar-refractivity contribution in [1.82, 2.24) is 0 Å². The van der Waals surface area contributed by atoms with Crippen molar-refractivity contribution < 1.29 is 14.3 Å². The van der Waals surface area contributed by atoms with Gasteiger partial charge in [-0.05, 0) is 41.5 Å². The van der Waals surface area contributed by atoms with E-state index in [1.165, 1.54) is 17.4 Å². The Morgan fingerprint density at radius 3 is 2.62 bits per heavy atom. The lowest BCUT2D eigenvalue weighted by Gasteiger charge is -2.02. The van der Waals surface area contributed by atoms with Crippen molar-refractivity contribution in [3.8, 4) is 0 Å². The maximum atomic E-state index is 11.9. The van der Waals surface area contributed by atoms with E-state index in [1.807, 2.05) is 55.5 Å². The molecule has 3 rings (SSSR count). The number of hydrogen-bond donors (Lipinski definition) is 0. The van der Waals surface area contributed by atoms with Crippen LogP contribution in [0.1, 0.15) is 20.1 Å². The summed E-state index contributed by atoms with van der Waals surface area (Å²) >= 11 is 1.40. The number of ether oxygens (including phenoxy) is 1. The Balaban J connectivity index is 1.64. The highest BCUT2D eigenvalue weighted by Gasteiger charge is 2.10. The molecule has 3 nitrogen and oxygen atoms in total. The van der Waals surface area contributed by atoms with Gasteiger partial charge in [-0.2, -0.15) is 0 Å². The van der Waals surface area contributed by atoms with Crippen LogP contribution >= 0.6 is 11.3 Å². The third-order valence-electron chi connectivity index (χ3n) is 3.58. The number of rotatable bonds is 5. The highest BCUT2D eigenvalue weighted by Crippen LogP contribution is 2.19. The Kier molecular flexibility index (Phi) is 4.87. The number of Topliss-reactive ketones (excluding diaryl/α,β-unsaturated/α-hetero) is 1. The summed E-state index contributed by atoms with van der Waals surface area (Å²) in [7, 11) is 0. The minimum atomic E-state index is -0.524. The summed E-state index contributed by atoms with van der Waals surface area (Å²) in [4.78, 5) is 25.4. The highest BCUT2D eigenvalue weighted by molar-refractivity contribution is 7.14. The van der Waals surface area contributed by atoms with Crippen LogP contribution in [0.4, 0.5) is 0 Å². The summed E-state index contributed by atoms with van der Waals surface area (Å²) in [6.07, 6.45) is 3.07. The smallest absolute Gasteiger partial charge is 0.331 e. The van der Waals surface area contributed by atoms with E-state index in [0.717, 1.165) is 21.2 Å². The van der Waals surface area contributed by atoms with Gasteiger partial charge in [-0.25, -0.2) is 4.79 Å². The van der Waals surface area contributed by atoms with E-state index < -0.39 is 5.97 Å². The van der Waals surface area contributed by atoms with Gasteiger partial charge in [-0.3, -0.25) is 4.79 Å². The maximum absolute atomic E-state index is 11.9. The average Bonchev–Trinajstić information content (AvgIpc) is 3.04. The van der Waals surface area contributed by atoms with Crippen molar-refractivity contribution in [3.05, 3.63) is 76.0 Å². The van der Waals surface area contributed by atoms with Gasteiger partial charge in [0.25, 0.3) is 0 Å². The van der Waals surface area contributed by atoms with Crippen molar-refractivity contribution in [2.24, 2.45) is 0 Å². The lowest BCUT2D eigenvalue weighted by molar-refractivity contribution is -0.136. The molecule has 0 aliphatic rings. The Labute approximate surface area is 144 Å². The zero-order valence-corrected chi connectivity index (χ0v) is 14.0. The molecule has 0 fully saturated rings. The molecule has 3 aromatic rings. The van der Waals surface area contributed by atoms with E-state index in [0.29, 0.717) is 4.88 Å². The molecule has 4 heteroatoms. The van der Waals surface area contributed by atoms with Gasteiger partial charge < -0.3 is 4.74 Å². The van der Waals surface area contributed by atoms with E-state index in [1.54, 1.807) is 12.1 Å². The number of ketones is 1. The van der Waals surface area contributed by atoms with E-state index in [-0.39, 0.29) is 12.4 Å². The van der Waals surface area contributed by atoms with Gasteiger partial charge in [0.15, 0.2) is 6.61 Å². The lowest BCUT2D eigenvalue weighted by atomic mass is 10.0. The minimum absolute atomic E-state index is 0.181. The third kappa shape index (κ3) is 3.78. The van der Waals surface area contributed by atoms with E-state index in [2.05, 4.69) is 0 Å². The summed E-state index contributed by atoms with van der Waals surface area (Å²) in [6, 6.07) is 17.5. The second-order valence-electron chi connectivity index (χ2n) is 5.34. The molecule has 0 amide bonds. The van der Waals surface area contributed by atoms with Gasteiger partial charge in [-0.1, -0.05) is 42.5 Å². The second-order valence-corrected chi connectivity index (χ2v) is 6.63. The number of benzene rings is 2. The molecule has 1 aromatic heterocycles. The first-order chi connectivity index (χ1) is 11.6. The van der Waals surface area contributed by atoms with Gasteiger partial charge in [-0.15, -0.1) is 11.3 Å². The molecule has 24 heavy (non-hydrogen) atoms. The van der Waals surface area contributed by atoms with Gasteiger partial charge in [0.2, 0.25) is 5.78 Å². The Hall–Kier alpha value is -2.72. The van der Waals surface area contributed by atoms with Crippen LogP contribution in [0.3, 0.4) is 0 Å². The Morgan fingerprint density at radius 1 is 1.04 bits per heavy atom. The molecule has 0 atom stereocenters. The fraction of sp³-hybridized carbons (Fsp3) is 0.100. The number of thiophene rings is 1. The first-order valence-electron chi connectivity index (χ1n) is 7.56. The topological polar surface area (TPSA) is 43.4 Å². The summed E-state index contributed by atoms with van der Waals surface area (Å²) in [5.41, 5.74) is 0.935. The van der Waals surface area contributed by atoms with Gasteiger partial charge >= 0.3 is 5.97 Å². The van der Waals surface area contributed by atoms with Crippen LogP contribution in [0, 0.1) is 6.92 Å². The largest absolute Gasteiger partial charge is 0.454 e. The molecule has 0 unspecified atom stereocenters. The van der Waals surface area contributed by atoms with Crippen molar-refractivity contribution >= 4 is 39.9 Å². The normalized spacial score (nSPS) is 11.0. The SMILES string of the molecule is Cc1ccc(C(=O)COC(=O)C=Cc2cccc3ccccc23)s1. The predicted molar refractivity (Wildman–Crippen MR) is 97.3 cm³/mol. The second kappa shape index (κ2) is 7.23. The number of carbonyl (C=O) groups is 2. The molecule has 0 bridgehead atoms. The standard InChI is InChI=1S/C20H16O3S/c1-14-9-11-19(24-14)18(21)13-23-20(22)12-10-16-7-4-6-15-5-2-3-8-17(15)16/h2-12H,13H2,1H3. The predicted octanol–water partition coefficient (Wildman–Crippen LogP) is 4.65. The zero-order valence-electron chi connectivity index (χ0n) is 13.2. The molecule has 0 radical (unpaired) electrons. The van der Waals surface area contributed by atoms with E-state index in [4.69, 9.17) is 4.74 Å². The monoisotopic (exact) mass is 336 g/mol. The fourth-order valence-corrected chi connectivity index (χ4v) is 3.19. The van der Waals surface area contributed by atoms with Crippen LogP contribution in [-0.4, -0.2) is 18.4 Å². The van der Waals surface area contributed by atoms with Crippen LogP contribution in [0.2, 0.25) is 0 Å². The molecule has 0 saturated carbocycles. The molecule has 0 N–H and O–H groups in total. The van der Waals surface area contributed by atoms with Crippen molar-refractivity contribution in [3.63, 3.8) is 0 Å². The van der Waals surface area contributed by atoms with Crippen LogP contribution in [-0.2, 0) is 9.53 Å². The summed E-state index contributed by atoms with van der Waals surface area (Å²) in [5, 5.41) is 2.17. The summed E-state index contributed by atoms with van der Waals surface area (Å²) in [5.74, 6) is -0.704. The zero-order chi connectivity index (χ0) is 16.9. The van der Waals surface area contributed by atoms with Crippen LogP contribution in [0.5, 0.6) is 0 Å². The molecular formula is C20H16O3S. The van der Waals surface area contributed by atoms with Crippen LogP contribution in [0.25, 0.3) is 16.8 Å². The fourth-order valence-electron chi connectivity index (χ4n) is 2.39. The molecule has 0 aliphatic carbocycles. The first kappa shape index (κ1) is 16.1. The minimum Gasteiger partial charge on any atom is -0.454 e. The highest BCUT2D eigenvalue weighted by atomic mass is 32.1. The first-order valence-corrected chi connectivity index (χ1v) is 8.37. The van der Waals surface area contributed by atoms with Crippen molar-refractivity contribution in [1.29, 1.82) is 0 Å². The van der Waals surface area contributed by atoms with Crippen LogP contribution < -0.4 is 0 Å². The molecule has 1 heterocycles. The molecule has 0 aliphatic heterocycles. The van der Waals surface area contributed by atoms with Gasteiger partial charge in [0.1, 0.15) is 0 Å².